The zero-order valence-corrected chi connectivity index (χ0v) is 10.4. The Kier molecular flexibility index (Phi) is 3.44. The van der Waals surface area contributed by atoms with Gasteiger partial charge in [0.05, 0.1) is 6.10 Å². The Hall–Kier alpha value is -0.380. The van der Waals surface area contributed by atoms with Gasteiger partial charge in [-0.3, -0.25) is 0 Å². The minimum absolute atomic E-state index is 0.377. The van der Waals surface area contributed by atoms with E-state index in [1.807, 2.05) is 18.4 Å². The highest BCUT2D eigenvalue weighted by Gasteiger charge is 2.32. The molecular weight excluding hydrogens is 206 g/mol. The third-order valence-electron chi connectivity index (χ3n) is 3.28. The molecule has 1 aliphatic rings. The monoisotopic (exact) mass is 225 g/mol. The molecule has 1 aromatic rings. The first-order chi connectivity index (χ1) is 7.22. The predicted octanol–water partition coefficient (Wildman–Crippen LogP) is 2.74. The number of hydrogen-bond acceptors (Lipinski definition) is 3. The smallest absolute Gasteiger partial charge is 0.0594 e. The van der Waals surface area contributed by atoms with Crippen molar-refractivity contribution in [1.82, 2.24) is 5.32 Å². The molecule has 0 bridgehead atoms. The molecule has 1 N–H and O–H groups in total. The van der Waals surface area contributed by atoms with Crippen molar-refractivity contribution in [3.8, 4) is 0 Å². The van der Waals surface area contributed by atoms with Gasteiger partial charge in [-0.2, -0.15) is 0 Å². The Morgan fingerprint density at radius 3 is 2.87 bits per heavy atom. The number of nitrogens with one attached hydrogen (secondary N) is 1. The quantitative estimate of drug-likeness (QED) is 0.854. The van der Waals surface area contributed by atoms with E-state index >= 15 is 0 Å². The van der Waals surface area contributed by atoms with Crippen LogP contribution in [0.25, 0.3) is 0 Å². The lowest BCUT2D eigenvalue weighted by molar-refractivity contribution is 0.0963. The third kappa shape index (κ3) is 2.25. The second-order valence-electron chi connectivity index (χ2n) is 4.29. The zero-order chi connectivity index (χ0) is 10.8. The maximum absolute atomic E-state index is 5.64. The van der Waals surface area contributed by atoms with Crippen LogP contribution < -0.4 is 5.32 Å². The minimum Gasteiger partial charge on any atom is -0.378 e. The van der Waals surface area contributed by atoms with Crippen molar-refractivity contribution in [2.45, 2.75) is 32.4 Å². The Labute approximate surface area is 95.6 Å². The molecule has 3 heteroatoms. The second kappa shape index (κ2) is 4.64. The maximum Gasteiger partial charge on any atom is 0.0594 e. The molecule has 2 rings (SSSR count). The predicted molar refractivity (Wildman–Crippen MR) is 64.4 cm³/mol. The van der Waals surface area contributed by atoms with Crippen molar-refractivity contribution in [3.63, 3.8) is 0 Å². The first-order valence-electron chi connectivity index (χ1n) is 5.56. The SMILES string of the molecule is CNC(c1csc(C)c1)C1CCOC1C. The van der Waals surface area contributed by atoms with Gasteiger partial charge >= 0.3 is 0 Å². The Morgan fingerprint density at radius 2 is 2.40 bits per heavy atom. The van der Waals surface area contributed by atoms with E-state index in [9.17, 15) is 0 Å². The second-order valence-corrected chi connectivity index (χ2v) is 5.40. The molecule has 1 saturated heterocycles. The highest BCUT2D eigenvalue weighted by atomic mass is 32.1. The summed E-state index contributed by atoms with van der Waals surface area (Å²) in [5.41, 5.74) is 1.42. The molecule has 1 aromatic heterocycles. The minimum atomic E-state index is 0.377. The first-order valence-corrected chi connectivity index (χ1v) is 6.44. The number of aryl methyl sites for hydroxylation is 1. The van der Waals surface area contributed by atoms with Crippen LogP contribution in [0.5, 0.6) is 0 Å². The summed E-state index contributed by atoms with van der Waals surface area (Å²) in [5.74, 6) is 0.615. The normalized spacial score (nSPS) is 28.2. The molecule has 15 heavy (non-hydrogen) atoms. The number of ether oxygens (including phenoxy) is 1. The fourth-order valence-corrected chi connectivity index (χ4v) is 3.18. The van der Waals surface area contributed by atoms with Gasteiger partial charge in [0.15, 0.2) is 0 Å². The molecule has 2 heterocycles. The van der Waals surface area contributed by atoms with Crippen molar-refractivity contribution in [1.29, 1.82) is 0 Å². The van der Waals surface area contributed by atoms with Gasteiger partial charge in [0.25, 0.3) is 0 Å². The Morgan fingerprint density at radius 1 is 1.60 bits per heavy atom. The lowest BCUT2D eigenvalue weighted by Gasteiger charge is -2.24. The average Bonchev–Trinajstić information content (AvgIpc) is 2.79. The lowest BCUT2D eigenvalue weighted by Crippen LogP contribution is -2.29. The molecule has 0 aromatic carbocycles. The highest BCUT2D eigenvalue weighted by Crippen LogP contribution is 2.34. The summed E-state index contributed by atoms with van der Waals surface area (Å²) >= 11 is 1.83. The molecule has 3 atom stereocenters. The van der Waals surface area contributed by atoms with Crippen LogP contribution >= 0.6 is 11.3 Å². The molecule has 1 aliphatic heterocycles. The number of rotatable bonds is 3. The van der Waals surface area contributed by atoms with Gasteiger partial charge < -0.3 is 10.1 Å². The molecule has 0 saturated carbocycles. The van der Waals surface area contributed by atoms with Gasteiger partial charge in [0.2, 0.25) is 0 Å². The lowest BCUT2D eigenvalue weighted by atomic mass is 9.89. The number of thiophene rings is 1. The summed E-state index contributed by atoms with van der Waals surface area (Å²) < 4.78 is 5.64. The fourth-order valence-electron chi connectivity index (χ4n) is 2.44. The topological polar surface area (TPSA) is 21.3 Å². The highest BCUT2D eigenvalue weighted by molar-refractivity contribution is 7.10. The molecule has 1 fully saturated rings. The van der Waals surface area contributed by atoms with Crippen LogP contribution in [0.1, 0.15) is 29.8 Å². The van der Waals surface area contributed by atoms with Crippen LogP contribution in [0.15, 0.2) is 11.4 Å². The van der Waals surface area contributed by atoms with E-state index in [4.69, 9.17) is 4.74 Å². The van der Waals surface area contributed by atoms with E-state index in [1.54, 1.807) is 0 Å². The van der Waals surface area contributed by atoms with Gasteiger partial charge in [-0.25, -0.2) is 0 Å². The van der Waals surface area contributed by atoms with Gasteiger partial charge in [-0.05, 0) is 44.3 Å². The van der Waals surface area contributed by atoms with E-state index in [1.165, 1.54) is 16.9 Å². The zero-order valence-electron chi connectivity index (χ0n) is 9.62. The standard InChI is InChI=1S/C12H19NOS/c1-8-6-10(7-15-8)12(13-3)11-4-5-14-9(11)2/h6-7,9,11-13H,4-5H2,1-3H3. The van der Waals surface area contributed by atoms with Crippen LogP contribution in [0, 0.1) is 12.8 Å². The van der Waals surface area contributed by atoms with Crippen LogP contribution in [0.3, 0.4) is 0 Å². The van der Waals surface area contributed by atoms with Crippen LogP contribution in [0.4, 0.5) is 0 Å². The molecule has 0 radical (unpaired) electrons. The fraction of sp³-hybridized carbons (Fsp3) is 0.667. The molecule has 3 unspecified atom stereocenters. The van der Waals surface area contributed by atoms with E-state index in [-0.39, 0.29) is 0 Å². The van der Waals surface area contributed by atoms with Crippen LogP contribution in [-0.2, 0) is 4.74 Å². The first kappa shape index (κ1) is 11.1. The molecular formula is C12H19NOS. The van der Waals surface area contributed by atoms with E-state index < -0.39 is 0 Å². The average molecular weight is 225 g/mol. The van der Waals surface area contributed by atoms with Gasteiger partial charge in [-0.1, -0.05) is 0 Å². The summed E-state index contributed by atoms with van der Waals surface area (Å²) in [6.07, 6.45) is 1.55. The van der Waals surface area contributed by atoms with Crippen molar-refractivity contribution in [2.24, 2.45) is 5.92 Å². The Bertz CT molecular complexity index is 323. The van der Waals surface area contributed by atoms with E-state index in [2.05, 4.69) is 30.6 Å². The van der Waals surface area contributed by atoms with Gasteiger partial charge in [0, 0.05) is 23.4 Å². The summed E-state index contributed by atoms with van der Waals surface area (Å²) in [7, 11) is 2.04. The van der Waals surface area contributed by atoms with Crippen molar-refractivity contribution in [3.05, 3.63) is 21.9 Å². The van der Waals surface area contributed by atoms with E-state index in [0.717, 1.165) is 6.61 Å². The van der Waals surface area contributed by atoms with Crippen molar-refractivity contribution in [2.75, 3.05) is 13.7 Å². The van der Waals surface area contributed by atoms with E-state index in [0.29, 0.717) is 18.1 Å². The summed E-state index contributed by atoms with van der Waals surface area (Å²) in [6.45, 7) is 5.25. The molecule has 0 spiro atoms. The van der Waals surface area contributed by atoms with Gasteiger partial charge in [-0.15, -0.1) is 11.3 Å². The van der Waals surface area contributed by atoms with Gasteiger partial charge in [0.1, 0.15) is 0 Å². The van der Waals surface area contributed by atoms with Crippen molar-refractivity contribution >= 4 is 11.3 Å². The molecule has 2 nitrogen and oxygen atoms in total. The third-order valence-corrected chi connectivity index (χ3v) is 4.16. The summed E-state index contributed by atoms with van der Waals surface area (Å²) in [4.78, 5) is 1.39. The van der Waals surface area contributed by atoms with Crippen LogP contribution in [0.2, 0.25) is 0 Å². The Balaban J connectivity index is 2.16. The van der Waals surface area contributed by atoms with Crippen molar-refractivity contribution < 1.29 is 4.74 Å². The molecule has 84 valence electrons. The largest absolute Gasteiger partial charge is 0.378 e. The van der Waals surface area contributed by atoms with Crippen LogP contribution in [-0.4, -0.2) is 19.8 Å². The molecule has 0 aliphatic carbocycles. The number of hydrogen-bond donors (Lipinski definition) is 1. The summed E-state index contributed by atoms with van der Waals surface area (Å²) in [6, 6.07) is 2.74. The summed E-state index contributed by atoms with van der Waals surface area (Å²) in [5, 5.41) is 5.70. The molecule has 0 amide bonds. The maximum atomic E-state index is 5.64.